The van der Waals surface area contributed by atoms with E-state index in [0.29, 0.717) is 40.0 Å². The summed E-state index contributed by atoms with van der Waals surface area (Å²) in [6.45, 7) is 2.64. The summed E-state index contributed by atoms with van der Waals surface area (Å²) in [4.78, 5) is 13.7. The first-order valence-corrected chi connectivity index (χ1v) is 9.83. The van der Waals surface area contributed by atoms with E-state index in [1.807, 2.05) is 22.8 Å². The van der Waals surface area contributed by atoms with Gasteiger partial charge in [0.15, 0.2) is 11.2 Å². The Morgan fingerprint density at radius 1 is 1.14 bits per heavy atom. The Balaban J connectivity index is 1.71. The quantitative estimate of drug-likeness (QED) is 0.513. The zero-order valence-electron chi connectivity index (χ0n) is 15.8. The zero-order valence-corrected chi connectivity index (χ0v) is 16.6. The highest BCUT2D eigenvalue weighted by Gasteiger charge is 2.41. The van der Waals surface area contributed by atoms with Gasteiger partial charge in [0.25, 0.3) is 0 Å². The molecule has 0 aliphatic heterocycles. The molecule has 29 heavy (non-hydrogen) atoms. The largest absolute Gasteiger partial charge is 0.508 e. The van der Waals surface area contributed by atoms with Crippen LogP contribution in [-0.2, 0) is 6.54 Å². The molecular formula is C22H19ClN4O2. The number of phenolic OH excluding ortho intramolecular Hbond substituents is 1. The third-order valence-corrected chi connectivity index (χ3v) is 5.49. The highest BCUT2D eigenvalue weighted by atomic mass is 35.5. The summed E-state index contributed by atoms with van der Waals surface area (Å²) in [6.07, 6.45) is 3.51. The van der Waals surface area contributed by atoms with E-state index >= 15 is 0 Å². The average molecular weight is 407 g/mol. The molecule has 1 saturated carbocycles. The maximum Gasteiger partial charge on any atom is 0.245 e. The molecule has 6 nitrogen and oxygen atoms in total. The molecule has 4 aromatic rings. The third-order valence-electron chi connectivity index (χ3n) is 5.17. The first kappa shape index (κ1) is 17.9. The minimum absolute atomic E-state index is 0.106. The minimum Gasteiger partial charge on any atom is -0.508 e. The van der Waals surface area contributed by atoms with Gasteiger partial charge in [0.05, 0.1) is 11.6 Å². The van der Waals surface area contributed by atoms with Crippen LogP contribution in [0.4, 0.5) is 0 Å². The summed E-state index contributed by atoms with van der Waals surface area (Å²) in [5.41, 5.74) is 2.93. The van der Waals surface area contributed by atoms with Crippen LogP contribution in [0.2, 0.25) is 5.02 Å². The molecule has 1 N–H and O–H groups in total. The summed E-state index contributed by atoms with van der Waals surface area (Å²) >= 11 is 6.44. The molecule has 146 valence electrons. The van der Waals surface area contributed by atoms with Gasteiger partial charge in [-0.05, 0) is 43.5 Å². The van der Waals surface area contributed by atoms with Crippen LogP contribution in [0.1, 0.15) is 25.3 Å². The Bertz CT molecular complexity index is 1200. The van der Waals surface area contributed by atoms with Gasteiger partial charge in [-0.15, -0.1) is 0 Å². The molecule has 1 aliphatic carbocycles. The molecule has 0 amide bonds. The maximum absolute atomic E-state index is 9.75. The summed E-state index contributed by atoms with van der Waals surface area (Å²) in [5.74, 6) is 1.24. The SMILES string of the molecule is CC1(Oc2ncnc3c2nc(-c2ccc(O)cc2Cl)n3Cc2ccccc2)CC1. The number of benzene rings is 2. The highest BCUT2D eigenvalue weighted by molar-refractivity contribution is 6.33. The Hall–Kier alpha value is -3.12. The van der Waals surface area contributed by atoms with Gasteiger partial charge in [0.2, 0.25) is 5.88 Å². The van der Waals surface area contributed by atoms with Crippen LogP contribution in [0.3, 0.4) is 0 Å². The number of fused-ring (bicyclic) bond motifs is 1. The Labute approximate surface area is 172 Å². The lowest BCUT2D eigenvalue weighted by molar-refractivity contribution is 0.194. The number of phenols is 1. The normalized spacial score (nSPS) is 14.8. The van der Waals surface area contributed by atoms with Gasteiger partial charge in [-0.1, -0.05) is 41.9 Å². The van der Waals surface area contributed by atoms with E-state index in [4.69, 9.17) is 21.3 Å². The number of ether oxygens (including phenoxy) is 1. The van der Waals surface area contributed by atoms with E-state index in [9.17, 15) is 5.11 Å². The van der Waals surface area contributed by atoms with E-state index in [0.717, 1.165) is 18.4 Å². The Kier molecular flexibility index (Phi) is 4.17. The van der Waals surface area contributed by atoms with Crippen LogP contribution in [0, 0.1) is 0 Å². The van der Waals surface area contributed by atoms with Crippen molar-refractivity contribution in [2.75, 3.05) is 0 Å². The van der Waals surface area contributed by atoms with Crippen LogP contribution in [0.25, 0.3) is 22.6 Å². The van der Waals surface area contributed by atoms with Crippen molar-refractivity contribution in [3.63, 3.8) is 0 Å². The number of imidazole rings is 1. The van der Waals surface area contributed by atoms with E-state index in [2.05, 4.69) is 29.0 Å². The van der Waals surface area contributed by atoms with E-state index in [1.165, 1.54) is 12.4 Å². The number of rotatable bonds is 5. The third kappa shape index (κ3) is 3.40. The second kappa shape index (κ2) is 6.74. The van der Waals surface area contributed by atoms with Gasteiger partial charge in [0.1, 0.15) is 23.5 Å². The lowest BCUT2D eigenvalue weighted by Gasteiger charge is -2.12. The van der Waals surface area contributed by atoms with E-state index < -0.39 is 0 Å². The standard InChI is InChI=1S/C22H19ClN4O2/c1-22(9-10-22)29-21-18-20(24-13-25-21)27(12-14-5-3-2-4-6-14)19(26-18)16-8-7-15(28)11-17(16)23/h2-8,11,13,28H,9-10,12H2,1H3. The van der Waals surface area contributed by atoms with Crippen LogP contribution in [-0.4, -0.2) is 30.2 Å². The zero-order chi connectivity index (χ0) is 20.0. The van der Waals surface area contributed by atoms with Crippen molar-refractivity contribution >= 4 is 22.8 Å². The van der Waals surface area contributed by atoms with Crippen molar-refractivity contribution in [2.45, 2.75) is 31.9 Å². The number of aromatic nitrogens is 4. The number of aromatic hydroxyl groups is 1. The summed E-state index contributed by atoms with van der Waals surface area (Å²) in [7, 11) is 0. The Morgan fingerprint density at radius 2 is 1.93 bits per heavy atom. The van der Waals surface area contributed by atoms with Gasteiger partial charge >= 0.3 is 0 Å². The van der Waals surface area contributed by atoms with Crippen LogP contribution < -0.4 is 4.74 Å². The topological polar surface area (TPSA) is 73.1 Å². The van der Waals surface area contributed by atoms with Gasteiger partial charge in [-0.2, -0.15) is 4.98 Å². The van der Waals surface area contributed by atoms with E-state index in [-0.39, 0.29) is 11.4 Å². The average Bonchev–Trinajstić information content (AvgIpc) is 3.32. The summed E-state index contributed by atoms with van der Waals surface area (Å²) < 4.78 is 8.14. The molecule has 2 aromatic carbocycles. The summed E-state index contributed by atoms with van der Waals surface area (Å²) in [6, 6.07) is 15.0. The molecule has 0 spiro atoms. The number of hydrogen-bond acceptors (Lipinski definition) is 5. The number of halogens is 1. The predicted octanol–water partition coefficient (Wildman–Crippen LogP) is 4.83. The fourth-order valence-corrected chi connectivity index (χ4v) is 3.57. The molecule has 1 fully saturated rings. The second-order valence-electron chi connectivity index (χ2n) is 7.57. The fourth-order valence-electron chi connectivity index (χ4n) is 3.31. The molecule has 0 radical (unpaired) electrons. The first-order chi connectivity index (χ1) is 14.0. The summed E-state index contributed by atoms with van der Waals surface area (Å²) in [5, 5.41) is 10.2. The highest BCUT2D eigenvalue weighted by Crippen LogP contribution is 2.41. The molecule has 0 saturated heterocycles. The maximum atomic E-state index is 9.75. The first-order valence-electron chi connectivity index (χ1n) is 9.45. The minimum atomic E-state index is -0.180. The van der Waals surface area contributed by atoms with Crippen molar-refractivity contribution in [1.82, 2.24) is 19.5 Å². The molecule has 1 aliphatic rings. The predicted molar refractivity (Wildman–Crippen MR) is 111 cm³/mol. The molecular weight excluding hydrogens is 388 g/mol. The van der Waals surface area contributed by atoms with E-state index in [1.54, 1.807) is 12.1 Å². The van der Waals surface area contributed by atoms with Crippen molar-refractivity contribution in [3.05, 3.63) is 65.4 Å². The van der Waals surface area contributed by atoms with Gasteiger partial charge in [-0.25, -0.2) is 9.97 Å². The molecule has 7 heteroatoms. The number of nitrogens with zero attached hydrogens (tertiary/aromatic N) is 4. The van der Waals surface area contributed by atoms with Crippen molar-refractivity contribution in [3.8, 4) is 23.0 Å². The molecule has 2 aromatic heterocycles. The molecule has 0 atom stereocenters. The molecule has 0 bridgehead atoms. The van der Waals surface area contributed by atoms with Crippen LogP contribution in [0.5, 0.6) is 11.6 Å². The van der Waals surface area contributed by atoms with Crippen molar-refractivity contribution in [2.24, 2.45) is 0 Å². The van der Waals surface area contributed by atoms with Gasteiger partial charge in [0, 0.05) is 5.56 Å². The van der Waals surface area contributed by atoms with Crippen LogP contribution >= 0.6 is 11.6 Å². The fraction of sp³-hybridized carbons (Fsp3) is 0.227. The number of hydrogen-bond donors (Lipinski definition) is 1. The van der Waals surface area contributed by atoms with Gasteiger partial charge < -0.3 is 14.4 Å². The molecule has 2 heterocycles. The Morgan fingerprint density at radius 3 is 2.66 bits per heavy atom. The van der Waals surface area contributed by atoms with Crippen molar-refractivity contribution in [1.29, 1.82) is 0 Å². The second-order valence-corrected chi connectivity index (χ2v) is 7.98. The van der Waals surface area contributed by atoms with Crippen molar-refractivity contribution < 1.29 is 9.84 Å². The smallest absolute Gasteiger partial charge is 0.245 e. The lowest BCUT2D eigenvalue weighted by Crippen LogP contribution is -2.13. The molecule has 5 rings (SSSR count). The lowest BCUT2D eigenvalue weighted by atomic mass is 10.2. The monoisotopic (exact) mass is 406 g/mol. The van der Waals surface area contributed by atoms with Crippen LogP contribution in [0.15, 0.2) is 54.9 Å². The van der Waals surface area contributed by atoms with Gasteiger partial charge in [-0.3, -0.25) is 0 Å². The molecule has 0 unspecified atom stereocenters.